The Labute approximate surface area is 119 Å². The Hall–Kier alpha value is -2.04. The van der Waals surface area contributed by atoms with Gasteiger partial charge in [0.2, 0.25) is 5.91 Å². The van der Waals surface area contributed by atoms with E-state index >= 15 is 0 Å². The third-order valence-corrected chi connectivity index (χ3v) is 4.04. The highest BCUT2D eigenvalue weighted by molar-refractivity contribution is 5.91. The molecule has 2 aliphatic heterocycles. The average Bonchev–Trinajstić information content (AvgIpc) is 2.65. The van der Waals surface area contributed by atoms with E-state index in [2.05, 4.69) is 34.4 Å². The molecule has 0 aliphatic carbocycles. The van der Waals surface area contributed by atoms with E-state index < -0.39 is 0 Å². The Morgan fingerprint density at radius 1 is 1.35 bits per heavy atom. The third-order valence-electron chi connectivity index (χ3n) is 4.04. The number of amides is 1. The molecule has 1 fully saturated rings. The Morgan fingerprint density at radius 2 is 2.10 bits per heavy atom. The van der Waals surface area contributed by atoms with Gasteiger partial charge in [-0.15, -0.1) is 0 Å². The number of rotatable bonds is 2. The van der Waals surface area contributed by atoms with Gasteiger partial charge in [-0.3, -0.25) is 9.80 Å². The smallest absolute Gasteiger partial charge is 0.241 e. The fraction of sp³-hybridized carbons (Fsp3) is 0.467. The van der Waals surface area contributed by atoms with Crippen LogP contribution in [0.2, 0.25) is 0 Å². The third kappa shape index (κ3) is 2.24. The summed E-state index contributed by atoms with van der Waals surface area (Å²) < 4.78 is 0. The zero-order valence-corrected chi connectivity index (χ0v) is 11.9. The van der Waals surface area contributed by atoms with Crippen LogP contribution in [0.25, 0.3) is 0 Å². The average molecular weight is 272 g/mol. The zero-order valence-electron chi connectivity index (χ0n) is 11.9. The number of anilines is 1. The maximum Gasteiger partial charge on any atom is 0.241 e. The number of carbonyl (C=O) groups is 1. The predicted molar refractivity (Wildman–Crippen MR) is 79.6 cm³/mol. The summed E-state index contributed by atoms with van der Waals surface area (Å²) in [7, 11) is 1.93. The minimum absolute atomic E-state index is 0.00818. The first-order valence-electron chi connectivity index (χ1n) is 7.08. The molecule has 2 aliphatic rings. The number of para-hydroxylation sites is 1. The number of hydrogen-bond donors (Lipinski definition) is 1. The van der Waals surface area contributed by atoms with Crippen LogP contribution in [0.4, 0.5) is 5.69 Å². The first-order chi connectivity index (χ1) is 9.69. The molecule has 5 nitrogen and oxygen atoms in total. The first kappa shape index (κ1) is 13.0. The predicted octanol–water partition coefficient (Wildman–Crippen LogP) is 1.28. The highest BCUT2D eigenvalue weighted by atomic mass is 16.2. The molecule has 0 saturated carbocycles. The van der Waals surface area contributed by atoms with Crippen LogP contribution in [0, 0.1) is 5.92 Å². The summed E-state index contributed by atoms with van der Waals surface area (Å²) in [5.41, 5.74) is 2.26. The van der Waals surface area contributed by atoms with Crippen molar-refractivity contribution < 1.29 is 4.79 Å². The second-order valence-electron chi connectivity index (χ2n) is 5.35. The van der Waals surface area contributed by atoms with Crippen molar-refractivity contribution in [2.75, 3.05) is 25.0 Å². The van der Waals surface area contributed by atoms with Gasteiger partial charge < -0.3 is 10.2 Å². The molecule has 20 heavy (non-hydrogen) atoms. The van der Waals surface area contributed by atoms with Crippen molar-refractivity contribution >= 4 is 17.3 Å². The van der Waals surface area contributed by atoms with Crippen molar-refractivity contribution in [2.45, 2.75) is 19.5 Å². The van der Waals surface area contributed by atoms with Crippen LogP contribution in [0.15, 0.2) is 35.4 Å². The summed E-state index contributed by atoms with van der Waals surface area (Å²) in [6, 6.07) is 10.1. The minimum Gasteiger partial charge on any atom is -0.361 e. The monoisotopic (exact) mass is 272 g/mol. The number of benzene rings is 1. The second-order valence-corrected chi connectivity index (χ2v) is 5.35. The summed E-state index contributed by atoms with van der Waals surface area (Å²) >= 11 is 0. The summed E-state index contributed by atoms with van der Waals surface area (Å²) in [4.78, 5) is 14.3. The Bertz CT molecular complexity index is 528. The normalized spacial score (nSPS) is 25.9. The molecule has 0 aromatic heterocycles. The first-order valence-corrected chi connectivity index (χ1v) is 7.08. The van der Waals surface area contributed by atoms with Crippen molar-refractivity contribution in [1.82, 2.24) is 10.3 Å². The van der Waals surface area contributed by atoms with Gasteiger partial charge in [0.1, 0.15) is 6.17 Å². The second kappa shape index (κ2) is 5.15. The van der Waals surface area contributed by atoms with Crippen molar-refractivity contribution in [3.05, 3.63) is 30.3 Å². The molecule has 2 heterocycles. The van der Waals surface area contributed by atoms with Gasteiger partial charge in [-0.1, -0.05) is 25.1 Å². The summed E-state index contributed by atoms with van der Waals surface area (Å²) in [6.07, 6.45) is 0.912. The molecule has 106 valence electrons. The van der Waals surface area contributed by atoms with Gasteiger partial charge in [0, 0.05) is 25.0 Å². The lowest BCUT2D eigenvalue weighted by Crippen LogP contribution is -2.46. The lowest BCUT2D eigenvalue weighted by molar-refractivity contribution is -0.121. The fourth-order valence-electron chi connectivity index (χ4n) is 3.04. The standard InChI is InChI=1S/C15H20N4O/c1-3-13-12-9-19(11-7-5-4-6-8-11)10-14(20)16-15(12)18(2)17-13/h4-8,12,15H,3,9-10H2,1-2H3,(H,16,20). The highest BCUT2D eigenvalue weighted by Gasteiger charge is 2.39. The van der Waals surface area contributed by atoms with Crippen molar-refractivity contribution in [3.63, 3.8) is 0 Å². The van der Waals surface area contributed by atoms with Gasteiger partial charge in [0.05, 0.1) is 12.5 Å². The van der Waals surface area contributed by atoms with Gasteiger partial charge in [0.15, 0.2) is 0 Å². The van der Waals surface area contributed by atoms with Crippen LogP contribution in [-0.4, -0.2) is 42.9 Å². The highest BCUT2D eigenvalue weighted by Crippen LogP contribution is 2.26. The summed E-state index contributed by atoms with van der Waals surface area (Å²) in [6.45, 7) is 3.35. The molecule has 0 bridgehead atoms. The number of fused-ring (bicyclic) bond motifs is 1. The summed E-state index contributed by atoms with van der Waals surface area (Å²) in [5.74, 6) is 0.317. The molecule has 1 saturated heterocycles. The van der Waals surface area contributed by atoms with Crippen LogP contribution in [0.1, 0.15) is 13.3 Å². The van der Waals surface area contributed by atoms with E-state index in [9.17, 15) is 4.79 Å². The molecular weight excluding hydrogens is 252 g/mol. The molecule has 1 aromatic carbocycles. The van der Waals surface area contributed by atoms with Gasteiger partial charge >= 0.3 is 0 Å². The SMILES string of the molecule is CCC1=NN(C)C2NC(=O)CN(c3ccccc3)CC12. The quantitative estimate of drug-likeness (QED) is 0.882. The van der Waals surface area contributed by atoms with Gasteiger partial charge in [-0.05, 0) is 18.6 Å². The zero-order chi connectivity index (χ0) is 14.1. The molecule has 5 heteroatoms. The van der Waals surface area contributed by atoms with Crippen molar-refractivity contribution in [2.24, 2.45) is 11.0 Å². The number of nitrogens with one attached hydrogen (secondary N) is 1. The Balaban J connectivity index is 1.89. The van der Waals surface area contributed by atoms with E-state index in [0.717, 1.165) is 18.7 Å². The Morgan fingerprint density at radius 3 is 2.80 bits per heavy atom. The molecule has 2 atom stereocenters. The topological polar surface area (TPSA) is 47.9 Å². The lowest BCUT2D eigenvalue weighted by Gasteiger charge is -2.26. The molecule has 1 N–H and O–H groups in total. The molecular formula is C15H20N4O. The molecule has 1 amide bonds. The minimum atomic E-state index is -0.00818. The van der Waals surface area contributed by atoms with Gasteiger partial charge in [-0.25, -0.2) is 0 Å². The summed E-state index contributed by atoms with van der Waals surface area (Å²) in [5, 5.41) is 9.53. The molecule has 3 rings (SSSR count). The van der Waals surface area contributed by atoms with Crippen molar-refractivity contribution in [3.8, 4) is 0 Å². The maximum absolute atomic E-state index is 12.1. The number of hydrogen-bond acceptors (Lipinski definition) is 4. The van der Waals surface area contributed by atoms with Gasteiger partial charge in [-0.2, -0.15) is 5.10 Å². The fourth-order valence-corrected chi connectivity index (χ4v) is 3.04. The number of hydrazone groups is 1. The lowest BCUT2D eigenvalue weighted by atomic mass is 9.98. The van der Waals surface area contributed by atoms with E-state index in [1.165, 1.54) is 5.71 Å². The molecule has 1 aromatic rings. The van der Waals surface area contributed by atoms with E-state index in [1.807, 2.05) is 30.3 Å². The van der Waals surface area contributed by atoms with Crippen LogP contribution < -0.4 is 10.2 Å². The van der Waals surface area contributed by atoms with Crippen LogP contribution in [0.5, 0.6) is 0 Å². The van der Waals surface area contributed by atoms with Crippen molar-refractivity contribution in [1.29, 1.82) is 0 Å². The van der Waals surface area contributed by atoms with E-state index in [4.69, 9.17) is 0 Å². The number of nitrogens with zero attached hydrogens (tertiary/aromatic N) is 3. The maximum atomic E-state index is 12.1. The van der Waals surface area contributed by atoms with E-state index in [0.29, 0.717) is 6.54 Å². The molecule has 2 unspecified atom stereocenters. The van der Waals surface area contributed by atoms with E-state index in [-0.39, 0.29) is 18.0 Å². The van der Waals surface area contributed by atoms with Crippen LogP contribution in [-0.2, 0) is 4.79 Å². The van der Waals surface area contributed by atoms with Crippen LogP contribution >= 0.6 is 0 Å². The molecule has 0 spiro atoms. The Kier molecular flexibility index (Phi) is 3.34. The largest absolute Gasteiger partial charge is 0.361 e. The molecule has 0 radical (unpaired) electrons. The van der Waals surface area contributed by atoms with Gasteiger partial charge in [0.25, 0.3) is 0 Å². The number of carbonyl (C=O) groups excluding carboxylic acids is 1. The van der Waals surface area contributed by atoms with Crippen LogP contribution in [0.3, 0.4) is 0 Å². The van der Waals surface area contributed by atoms with E-state index in [1.54, 1.807) is 0 Å².